The molecule has 4 aliphatic carbocycles. The molecule has 4 bridgehead atoms. The van der Waals surface area contributed by atoms with Crippen molar-refractivity contribution in [3.05, 3.63) is 71.8 Å². The van der Waals surface area contributed by atoms with E-state index in [2.05, 4.69) is 34.6 Å². The lowest BCUT2D eigenvalue weighted by Gasteiger charge is -2.55. The third kappa shape index (κ3) is 2.76. The van der Waals surface area contributed by atoms with Gasteiger partial charge in [0.25, 0.3) is 0 Å². The van der Waals surface area contributed by atoms with Crippen LogP contribution in [0.15, 0.2) is 60.7 Å². The highest BCUT2D eigenvalue weighted by atomic mass is 16.6. The van der Waals surface area contributed by atoms with Crippen molar-refractivity contribution < 1.29 is 19.1 Å². The highest BCUT2D eigenvalue weighted by molar-refractivity contribution is 5.91. The van der Waals surface area contributed by atoms with Crippen LogP contribution >= 0.6 is 0 Å². The van der Waals surface area contributed by atoms with Crippen molar-refractivity contribution in [3.63, 3.8) is 0 Å². The SMILES string of the molecule is CC1C2(C)CC3C4CCC(C4)C3C1(C)C(C)(OC(=O)c1ccccc1)C2(C)OC(=O)c1ccccc1. The summed E-state index contributed by atoms with van der Waals surface area (Å²) in [5.41, 5.74) is -1.57. The van der Waals surface area contributed by atoms with Crippen LogP contribution in [0.2, 0.25) is 0 Å². The third-order valence-corrected chi connectivity index (χ3v) is 11.9. The molecule has 4 aliphatic rings. The van der Waals surface area contributed by atoms with Gasteiger partial charge in [-0.25, -0.2) is 9.59 Å². The van der Waals surface area contributed by atoms with Crippen molar-refractivity contribution >= 4 is 11.9 Å². The van der Waals surface area contributed by atoms with Crippen molar-refractivity contribution in [3.8, 4) is 0 Å². The molecule has 0 aliphatic heterocycles. The Hall–Kier alpha value is -2.62. The summed E-state index contributed by atoms with van der Waals surface area (Å²) in [5.74, 6) is 1.95. The van der Waals surface area contributed by atoms with Crippen molar-refractivity contribution in [2.75, 3.05) is 0 Å². The Morgan fingerprint density at radius 2 is 1.25 bits per heavy atom. The molecular weight excluding hydrogens is 448 g/mol. The molecule has 6 rings (SSSR count). The van der Waals surface area contributed by atoms with Crippen LogP contribution in [0.1, 0.15) is 81.0 Å². The first-order chi connectivity index (χ1) is 17.1. The largest absolute Gasteiger partial charge is 0.451 e. The maximum atomic E-state index is 13.7. The number of carbonyl (C=O) groups is 2. The first-order valence-corrected chi connectivity index (χ1v) is 13.6. The fraction of sp³-hybridized carbons (Fsp3) is 0.562. The zero-order valence-corrected chi connectivity index (χ0v) is 22.1. The quantitative estimate of drug-likeness (QED) is 0.439. The van der Waals surface area contributed by atoms with Crippen LogP contribution < -0.4 is 0 Å². The molecule has 4 fully saturated rings. The molecule has 2 aromatic rings. The maximum absolute atomic E-state index is 13.7. The summed E-state index contributed by atoms with van der Waals surface area (Å²) in [4.78, 5) is 27.3. The average Bonchev–Trinajstić information content (AvgIpc) is 3.51. The molecule has 0 heterocycles. The van der Waals surface area contributed by atoms with E-state index in [1.807, 2.05) is 36.4 Å². The Balaban J connectivity index is 1.50. The highest BCUT2D eigenvalue weighted by Gasteiger charge is 2.84. The summed E-state index contributed by atoms with van der Waals surface area (Å²) in [7, 11) is 0. The standard InChI is InChI=1S/C32H38O4/c1-20-29(2)19-25-23-16-17-24(18-23)26(25)30(20,3)32(5,36-28(34)22-14-10-7-11-15-22)31(29,4)35-27(33)21-12-8-6-9-13-21/h6-15,20,23-26H,16-19H2,1-5H3. The number of hydrogen-bond acceptors (Lipinski definition) is 4. The summed E-state index contributed by atoms with van der Waals surface area (Å²) >= 11 is 0. The van der Waals surface area contributed by atoms with Gasteiger partial charge < -0.3 is 9.47 Å². The molecule has 190 valence electrons. The number of esters is 2. The maximum Gasteiger partial charge on any atom is 0.338 e. The summed E-state index contributed by atoms with van der Waals surface area (Å²) in [6.45, 7) is 11.1. The highest BCUT2D eigenvalue weighted by Crippen LogP contribution is 2.80. The minimum atomic E-state index is -0.991. The molecule has 9 atom stereocenters. The molecular formula is C32H38O4. The predicted molar refractivity (Wildman–Crippen MR) is 138 cm³/mol. The second-order valence-corrected chi connectivity index (χ2v) is 12.7. The minimum Gasteiger partial charge on any atom is -0.451 e. The van der Waals surface area contributed by atoms with Crippen LogP contribution in [0.5, 0.6) is 0 Å². The molecule has 0 N–H and O–H groups in total. The summed E-state index contributed by atoms with van der Waals surface area (Å²) < 4.78 is 13.3. The summed E-state index contributed by atoms with van der Waals surface area (Å²) in [6.07, 6.45) is 4.85. The molecule has 2 aromatic carbocycles. The number of carbonyl (C=O) groups excluding carboxylic acids is 2. The van der Waals surface area contributed by atoms with Crippen molar-refractivity contribution in [2.45, 2.75) is 71.5 Å². The Morgan fingerprint density at radius 1 is 0.750 bits per heavy atom. The van der Waals surface area contributed by atoms with Gasteiger partial charge in [-0.2, -0.15) is 0 Å². The molecule has 0 amide bonds. The van der Waals surface area contributed by atoms with Crippen LogP contribution in [-0.2, 0) is 9.47 Å². The van der Waals surface area contributed by atoms with E-state index in [0.29, 0.717) is 28.9 Å². The van der Waals surface area contributed by atoms with E-state index >= 15 is 0 Å². The molecule has 4 nitrogen and oxygen atoms in total. The second kappa shape index (κ2) is 7.69. The van der Waals surface area contributed by atoms with E-state index in [0.717, 1.165) is 12.3 Å². The van der Waals surface area contributed by atoms with Gasteiger partial charge in [0.1, 0.15) is 0 Å². The lowest BCUT2D eigenvalue weighted by Crippen LogP contribution is -2.62. The van der Waals surface area contributed by atoms with E-state index in [1.54, 1.807) is 24.3 Å². The number of rotatable bonds is 4. The van der Waals surface area contributed by atoms with Gasteiger partial charge in [0.15, 0.2) is 11.2 Å². The van der Waals surface area contributed by atoms with Gasteiger partial charge in [-0.1, -0.05) is 57.2 Å². The Kier molecular flexibility index (Phi) is 5.08. The Bertz CT molecular complexity index is 1190. The first-order valence-electron chi connectivity index (χ1n) is 13.6. The zero-order valence-electron chi connectivity index (χ0n) is 22.1. The van der Waals surface area contributed by atoms with Gasteiger partial charge >= 0.3 is 11.9 Å². The first kappa shape index (κ1) is 23.8. The van der Waals surface area contributed by atoms with Gasteiger partial charge in [-0.05, 0) is 93.4 Å². The number of hydrogen-bond donors (Lipinski definition) is 0. The number of benzene rings is 2. The van der Waals surface area contributed by atoms with Gasteiger partial charge in [0.2, 0.25) is 0 Å². The lowest BCUT2D eigenvalue weighted by atomic mass is 9.49. The molecule has 36 heavy (non-hydrogen) atoms. The molecule has 4 saturated carbocycles. The number of fused-ring (bicyclic) bond motifs is 8. The lowest BCUT2D eigenvalue weighted by molar-refractivity contribution is -0.190. The number of ether oxygens (including phenoxy) is 2. The van der Waals surface area contributed by atoms with Gasteiger partial charge in [0, 0.05) is 10.8 Å². The van der Waals surface area contributed by atoms with Gasteiger partial charge in [0.05, 0.1) is 11.1 Å². The Morgan fingerprint density at radius 3 is 1.81 bits per heavy atom. The smallest absolute Gasteiger partial charge is 0.338 e. The van der Waals surface area contributed by atoms with E-state index in [9.17, 15) is 9.59 Å². The fourth-order valence-electron chi connectivity index (χ4n) is 9.71. The normalized spacial score (nSPS) is 44.2. The summed E-state index contributed by atoms with van der Waals surface area (Å²) in [5, 5.41) is 0. The Labute approximate surface area is 214 Å². The molecule has 4 heteroatoms. The van der Waals surface area contributed by atoms with Crippen molar-refractivity contribution in [1.29, 1.82) is 0 Å². The topological polar surface area (TPSA) is 52.6 Å². The van der Waals surface area contributed by atoms with Crippen LogP contribution in [0, 0.1) is 40.4 Å². The summed E-state index contributed by atoms with van der Waals surface area (Å²) in [6, 6.07) is 18.4. The predicted octanol–water partition coefficient (Wildman–Crippen LogP) is 6.95. The second-order valence-electron chi connectivity index (χ2n) is 12.7. The van der Waals surface area contributed by atoms with Gasteiger partial charge in [-0.15, -0.1) is 0 Å². The van der Waals surface area contributed by atoms with E-state index in [4.69, 9.17) is 9.47 Å². The minimum absolute atomic E-state index is 0.216. The van der Waals surface area contributed by atoms with Crippen LogP contribution in [0.3, 0.4) is 0 Å². The van der Waals surface area contributed by atoms with E-state index in [1.165, 1.54) is 19.3 Å². The molecule has 0 aromatic heterocycles. The average molecular weight is 487 g/mol. The van der Waals surface area contributed by atoms with E-state index < -0.39 is 11.2 Å². The van der Waals surface area contributed by atoms with E-state index in [-0.39, 0.29) is 28.7 Å². The van der Waals surface area contributed by atoms with Crippen LogP contribution in [0.25, 0.3) is 0 Å². The molecule has 0 radical (unpaired) electrons. The third-order valence-electron chi connectivity index (χ3n) is 11.9. The molecule has 9 unspecified atom stereocenters. The van der Waals surface area contributed by atoms with Gasteiger partial charge in [-0.3, -0.25) is 0 Å². The monoisotopic (exact) mass is 486 g/mol. The van der Waals surface area contributed by atoms with Crippen LogP contribution in [0.4, 0.5) is 0 Å². The zero-order chi connectivity index (χ0) is 25.5. The van der Waals surface area contributed by atoms with Crippen LogP contribution in [-0.4, -0.2) is 23.1 Å². The molecule has 0 saturated heterocycles. The molecule has 0 spiro atoms. The van der Waals surface area contributed by atoms with Crippen molar-refractivity contribution in [2.24, 2.45) is 40.4 Å². The fourth-order valence-corrected chi connectivity index (χ4v) is 9.71. The van der Waals surface area contributed by atoms with Crippen molar-refractivity contribution in [1.82, 2.24) is 0 Å².